The number of nitrogens with zero attached hydrogens (tertiary/aromatic N) is 2. The number of rotatable bonds is 4. The first-order valence-electron chi connectivity index (χ1n) is 8.49. The van der Waals surface area contributed by atoms with Gasteiger partial charge >= 0.3 is 7.05 Å². The van der Waals surface area contributed by atoms with Crippen LogP contribution in [0.4, 0.5) is 0 Å². The Morgan fingerprint density at radius 1 is 1.14 bits per heavy atom. The third kappa shape index (κ3) is 3.68. The molecule has 3 rings (SSSR count). The van der Waals surface area contributed by atoms with Crippen LogP contribution < -0.4 is 0 Å². The minimum absolute atomic E-state index is 0.344. The van der Waals surface area contributed by atoms with Gasteiger partial charge in [0.15, 0.2) is 0 Å². The van der Waals surface area contributed by atoms with Crippen molar-refractivity contribution in [1.82, 2.24) is 9.71 Å². The molecule has 0 amide bonds. The van der Waals surface area contributed by atoms with Crippen LogP contribution in [0, 0.1) is 0 Å². The highest BCUT2D eigenvalue weighted by atomic mass is 16.2. The fraction of sp³-hybridized carbons (Fsp3) is 0.647. The van der Waals surface area contributed by atoms with Crippen molar-refractivity contribution < 1.29 is 5.02 Å². The zero-order valence-corrected chi connectivity index (χ0v) is 13.2. The molecule has 0 aromatic heterocycles. The van der Waals surface area contributed by atoms with E-state index in [1.54, 1.807) is 0 Å². The molecule has 2 aliphatic rings. The van der Waals surface area contributed by atoms with Gasteiger partial charge in [-0.05, 0) is 63.3 Å². The molecular formula is C17H27BN2O. The molecule has 3 nitrogen and oxygen atoms in total. The van der Waals surface area contributed by atoms with Gasteiger partial charge in [-0.15, -0.1) is 0 Å². The summed E-state index contributed by atoms with van der Waals surface area (Å²) in [7, 11) is -0.344. The third-order valence-electron chi connectivity index (χ3n) is 4.96. The summed E-state index contributed by atoms with van der Waals surface area (Å²) in [6, 6.07) is 9.42. The van der Waals surface area contributed by atoms with Gasteiger partial charge in [-0.1, -0.05) is 30.7 Å². The van der Waals surface area contributed by atoms with Gasteiger partial charge in [0.1, 0.15) is 0 Å². The summed E-state index contributed by atoms with van der Waals surface area (Å²) >= 11 is 0. The van der Waals surface area contributed by atoms with Crippen LogP contribution in [0.25, 0.3) is 0 Å². The van der Waals surface area contributed by atoms with Crippen molar-refractivity contribution in [2.24, 2.45) is 0 Å². The molecule has 2 heterocycles. The topological polar surface area (TPSA) is 26.7 Å². The Hall–Kier alpha value is -0.835. The Morgan fingerprint density at radius 2 is 1.95 bits per heavy atom. The molecule has 0 aliphatic carbocycles. The maximum absolute atomic E-state index is 9.93. The zero-order chi connectivity index (χ0) is 14.7. The molecule has 2 aliphatic heterocycles. The predicted molar refractivity (Wildman–Crippen MR) is 88.1 cm³/mol. The minimum atomic E-state index is -0.344. The molecule has 1 aromatic rings. The number of likely N-dealkylation sites (tertiary alicyclic amines) is 1. The first-order chi connectivity index (χ1) is 10.2. The van der Waals surface area contributed by atoms with Crippen molar-refractivity contribution in [3.63, 3.8) is 0 Å². The lowest BCUT2D eigenvalue weighted by Gasteiger charge is -2.28. The predicted octanol–water partition coefficient (Wildman–Crippen LogP) is 2.92. The van der Waals surface area contributed by atoms with E-state index in [2.05, 4.69) is 34.0 Å². The highest BCUT2D eigenvalue weighted by Crippen LogP contribution is 2.32. The van der Waals surface area contributed by atoms with E-state index < -0.39 is 0 Å². The normalized spacial score (nSPS) is 24.4. The largest absolute Gasteiger partial charge is 0.437 e. The lowest BCUT2D eigenvalue weighted by molar-refractivity contribution is 0.221. The summed E-state index contributed by atoms with van der Waals surface area (Å²) < 4.78 is 0. The van der Waals surface area contributed by atoms with Crippen LogP contribution in [0.2, 0.25) is 6.82 Å². The van der Waals surface area contributed by atoms with Gasteiger partial charge in [-0.2, -0.15) is 0 Å². The number of benzene rings is 1. The van der Waals surface area contributed by atoms with Gasteiger partial charge in [0.05, 0.1) is 0 Å². The van der Waals surface area contributed by atoms with E-state index in [4.69, 9.17) is 0 Å². The molecule has 0 saturated carbocycles. The molecule has 2 saturated heterocycles. The molecular weight excluding hydrogens is 259 g/mol. The van der Waals surface area contributed by atoms with Gasteiger partial charge in [-0.3, -0.25) is 4.90 Å². The monoisotopic (exact) mass is 286 g/mol. The van der Waals surface area contributed by atoms with E-state index >= 15 is 0 Å². The van der Waals surface area contributed by atoms with Crippen LogP contribution in [0.3, 0.4) is 0 Å². The Labute approximate surface area is 129 Å². The van der Waals surface area contributed by atoms with Crippen molar-refractivity contribution in [1.29, 1.82) is 0 Å². The van der Waals surface area contributed by atoms with Crippen LogP contribution >= 0.6 is 0 Å². The van der Waals surface area contributed by atoms with Crippen LogP contribution in [-0.4, -0.2) is 41.4 Å². The maximum atomic E-state index is 9.93. The lowest BCUT2D eigenvalue weighted by Crippen LogP contribution is -2.36. The maximum Gasteiger partial charge on any atom is 0.376 e. The van der Waals surface area contributed by atoms with Crippen LogP contribution in [-0.2, 0) is 6.54 Å². The molecule has 2 fully saturated rings. The van der Waals surface area contributed by atoms with Crippen molar-refractivity contribution >= 4 is 7.05 Å². The minimum Gasteiger partial charge on any atom is -0.437 e. The second-order valence-corrected chi connectivity index (χ2v) is 6.61. The van der Waals surface area contributed by atoms with E-state index in [0.717, 1.165) is 19.5 Å². The molecule has 114 valence electrons. The van der Waals surface area contributed by atoms with Gasteiger partial charge in [0.25, 0.3) is 0 Å². The van der Waals surface area contributed by atoms with E-state index in [0.29, 0.717) is 6.04 Å². The van der Waals surface area contributed by atoms with Crippen LogP contribution in [0.1, 0.15) is 49.3 Å². The summed E-state index contributed by atoms with van der Waals surface area (Å²) in [6.45, 7) is 6.46. The van der Waals surface area contributed by atoms with Gasteiger partial charge in [0, 0.05) is 12.6 Å². The molecule has 1 atom stereocenters. The average Bonchev–Trinajstić information content (AvgIpc) is 2.98. The van der Waals surface area contributed by atoms with Gasteiger partial charge in [0.2, 0.25) is 0 Å². The first-order valence-corrected chi connectivity index (χ1v) is 8.49. The number of piperidine rings is 1. The molecule has 0 radical (unpaired) electrons. The molecule has 1 N–H and O–H groups in total. The summed E-state index contributed by atoms with van der Waals surface area (Å²) in [5.74, 6) is 0. The highest BCUT2D eigenvalue weighted by molar-refractivity contribution is 6.45. The van der Waals surface area contributed by atoms with Crippen LogP contribution in [0.15, 0.2) is 24.3 Å². The SMILES string of the molecule is CB(O)N1CCCC1c1cccc(CN2CCCCC2)c1. The molecule has 21 heavy (non-hydrogen) atoms. The van der Waals surface area contributed by atoms with E-state index in [1.807, 2.05) is 6.82 Å². The third-order valence-corrected chi connectivity index (χ3v) is 4.96. The van der Waals surface area contributed by atoms with Crippen molar-refractivity contribution in [3.05, 3.63) is 35.4 Å². The average molecular weight is 286 g/mol. The van der Waals surface area contributed by atoms with Crippen molar-refractivity contribution in [2.75, 3.05) is 19.6 Å². The standard InChI is InChI=1S/C17H27BN2O/c1-18(21)20-12-6-9-17(20)16-8-5-7-15(13-16)14-19-10-3-2-4-11-19/h5,7-8,13,17,21H,2-4,6,9-12,14H2,1H3. The van der Waals surface area contributed by atoms with Crippen molar-refractivity contribution in [2.45, 2.75) is 51.5 Å². The number of hydrogen-bond acceptors (Lipinski definition) is 3. The van der Waals surface area contributed by atoms with E-state index in [1.165, 1.54) is 49.9 Å². The van der Waals surface area contributed by atoms with E-state index in [-0.39, 0.29) is 7.05 Å². The van der Waals surface area contributed by atoms with E-state index in [9.17, 15) is 5.02 Å². The highest BCUT2D eigenvalue weighted by Gasteiger charge is 2.30. The Balaban J connectivity index is 1.70. The van der Waals surface area contributed by atoms with Gasteiger partial charge in [-0.25, -0.2) is 0 Å². The lowest BCUT2D eigenvalue weighted by atomic mass is 9.83. The smallest absolute Gasteiger partial charge is 0.376 e. The number of hydrogen-bond donors (Lipinski definition) is 1. The molecule has 0 bridgehead atoms. The summed E-state index contributed by atoms with van der Waals surface area (Å²) in [5, 5.41) is 9.93. The summed E-state index contributed by atoms with van der Waals surface area (Å²) in [5.41, 5.74) is 2.80. The van der Waals surface area contributed by atoms with Crippen LogP contribution in [0.5, 0.6) is 0 Å². The Bertz CT molecular complexity index is 460. The van der Waals surface area contributed by atoms with Gasteiger partial charge < -0.3 is 9.83 Å². The fourth-order valence-corrected chi connectivity index (χ4v) is 3.87. The summed E-state index contributed by atoms with van der Waals surface area (Å²) in [6.07, 6.45) is 6.43. The molecule has 4 heteroatoms. The fourth-order valence-electron chi connectivity index (χ4n) is 3.87. The quantitative estimate of drug-likeness (QED) is 0.862. The second kappa shape index (κ2) is 6.95. The Kier molecular flexibility index (Phi) is 4.99. The molecule has 1 aromatic carbocycles. The molecule has 1 unspecified atom stereocenters. The zero-order valence-electron chi connectivity index (χ0n) is 13.2. The second-order valence-electron chi connectivity index (χ2n) is 6.61. The molecule has 0 spiro atoms. The Morgan fingerprint density at radius 3 is 2.71 bits per heavy atom. The first kappa shape index (κ1) is 15.1. The van der Waals surface area contributed by atoms with Crippen molar-refractivity contribution in [3.8, 4) is 0 Å². The summed E-state index contributed by atoms with van der Waals surface area (Å²) in [4.78, 5) is 4.80.